The Morgan fingerprint density at radius 1 is 1.22 bits per heavy atom. The van der Waals surface area contributed by atoms with Crippen LogP contribution in [0, 0.1) is 0 Å². The summed E-state index contributed by atoms with van der Waals surface area (Å²) < 4.78 is 0. The molecule has 100 valence electrons. The van der Waals surface area contributed by atoms with E-state index in [2.05, 4.69) is 31.8 Å². The molecule has 0 aromatic heterocycles. The molecule has 1 aromatic carbocycles. The lowest BCUT2D eigenvalue weighted by molar-refractivity contribution is 0.0929. The Bertz CT molecular complexity index is 379. The van der Waals surface area contributed by atoms with Crippen LogP contribution in [-0.4, -0.2) is 11.9 Å². The fourth-order valence-corrected chi connectivity index (χ4v) is 2.28. The molecule has 1 amide bonds. The smallest absolute Gasteiger partial charge is 0.252 e. The summed E-state index contributed by atoms with van der Waals surface area (Å²) in [4.78, 5) is 12.9. The Labute approximate surface area is 116 Å². The van der Waals surface area contributed by atoms with Crippen LogP contribution >= 0.6 is 12.6 Å². The minimum Gasteiger partial charge on any atom is -0.349 e. The highest BCUT2D eigenvalue weighted by molar-refractivity contribution is 7.80. The lowest BCUT2D eigenvalue weighted by Crippen LogP contribution is -2.34. The van der Waals surface area contributed by atoms with Gasteiger partial charge in [0, 0.05) is 10.9 Å². The van der Waals surface area contributed by atoms with Gasteiger partial charge < -0.3 is 5.32 Å². The van der Waals surface area contributed by atoms with Crippen LogP contribution in [0.3, 0.4) is 0 Å². The second-order valence-corrected chi connectivity index (χ2v) is 5.10. The molecular formula is C15H23NOS. The fraction of sp³-hybridized carbons (Fsp3) is 0.533. The summed E-state index contributed by atoms with van der Waals surface area (Å²) in [5, 5.41) is 3.12. The number of nitrogens with one attached hydrogen (secondary N) is 1. The summed E-state index contributed by atoms with van der Waals surface area (Å²) in [6.45, 7) is 4.32. The molecule has 1 atom stereocenters. The van der Waals surface area contributed by atoms with Gasteiger partial charge in [0.1, 0.15) is 0 Å². The molecule has 0 aliphatic heterocycles. The predicted octanol–water partition coefficient (Wildman–Crippen LogP) is 4.06. The van der Waals surface area contributed by atoms with Gasteiger partial charge in [-0.2, -0.15) is 0 Å². The first-order valence-electron chi connectivity index (χ1n) is 6.77. The summed E-state index contributed by atoms with van der Waals surface area (Å²) in [7, 11) is 0. The monoisotopic (exact) mass is 265 g/mol. The molecule has 0 heterocycles. The number of hydrogen-bond donors (Lipinski definition) is 2. The Hall–Kier alpha value is -0.960. The van der Waals surface area contributed by atoms with E-state index < -0.39 is 0 Å². The van der Waals surface area contributed by atoms with Crippen molar-refractivity contribution in [3.8, 4) is 0 Å². The number of unbranched alkanes of at least 4 members (excludes halogenated alkanes) is 1. The van der Waals surface area contributed by atoms with E-state index in [9.17, 15) is 4.79 Å². The van der Waals surface area contributed by atoms with E-state index in [1.807, 2.05) is 24.3 Å². The molecular weight excluding hydrogens is 242 g/mol. The third kappa shape index (κ3) is 4.73. The molecule has 0 spiro atoms. The quantitative estimate of drug-likeness (QED) is 0.715. The van der Waals surface area contributed by atoms with Crippen molar-refractivity contribution in [1.82, 2.24) is 5.32 Å². The van der Waals surface area contributed by atoms with Crippen molar-refractivity contribution in [2.24, 2.45) is 0 Å². The number of carbonyl (C=O) groups excluding carboxylic acids is 1. The van der Waals surface area contributed by atoms with Crippen LogP contribution in [-0.2, 0) is 0 Å². The summed E-state index contributed by atoms with van der Waals surface area (Å²) in [5.41, 5.74) is 0.665. The Kier molecular flexibility index (Phi) is 6.88. The normalized spacial score (nSPS) is 12.2. The molecule has 2 nitrogen and oxygen atoms in total. The maximum Gasteiger partial charge on any atom is 0.252 e. The van der Waals surface area contributed by atoms with E-state index in [4.69, 9.17) is 0 Å². The molecule has 1 rings (SSSR count). The zero-order valence-corrected chi connectivity index (χ0v) is 12.2. The molecule has 1 unspecified atom stereocenters. The number of thiol groups is 1. The summed E-state index contributed by atoms with van der Waals surface area (Å²) in [5.74, 6) is -0.00449. The fourth-order valence-electron chi connectivity index (χ4n) is 2.02. The molecule has 0 aliphatic carbocycles. The molecule has 1 aromatic rings. The molecule has 18 heavy (non-hydrogen) atoms. The number of carbonyl (C=O) groups is 1. The minimum absolute atomic E-state index is 0.00449. The highest BCUT2D eigenvalue weighted by atomic mass is 32.1. The van der Waals surface area contributed by atoms with E-state index in [0.717, 1.165) is 30.6 Å². The van der Waals surface area contributed by atoms with Gasteiger partial charge in [-0.05, 0) is 25.0 Å². The molecule has 0 radical (unpaired) electrons. The second-order valence-electron chi connectivity index (χ2n) is 4.62. The van der Waals surface area contributed by atoms with Gasteiger partial charge in [-0.25, -0.2) is 0 Å². The van der Waals surface area contributed by atoms with Gasteiger partial charge in [0.15, 0.2) is 0 Å². The Balaban J connectivity index is 2.63. The number of amides is 1. The molecule has 0 saturated heterocycles. The van der Waals surface area contributed by atoms with E-state index >= 15 is 0 Å². The van der Waals surface area contributed by atoms with Gasteiger partial charge >= 0.3 is 0 Å². The van der Waals surface area contributed by atoms with Crippen LogP contribution in [0.25, 0.3) is 0 Å². The lowest BCUT2D eigenvalue weighted by Gasteiger charge is -2.18. The molecule has 1 N–H and O–H groups in total. The van der Waals surface area contributed by atoms with Gasteiger partial charge in [0.05, 0.1) is 5.56 Å². The average Bonchev–Trinajstić information content (AvgIpc) is 2.36. The minimum atomic E-state index is -0.00449. The molecule has 0 saturated carbocycles. The molecule has 0 bridgehead atoms. The summed E-state index contributed by atoms with van der Waals surface area (Å²) >= 11 is 4.32. The first kappa shape index (κ1) is 15.1. The average molecular weight is 265 g/mol. The first-order valence-corrected chi connectivity index (χ1v) is 7.22. The number of hydrogen-bond acceptors (Lipinski definition) is 2. The first-order chi connectivity index (χ1) is 8.69. The van der Waals surface area contributed by atoms with Crippen LogP contribution in [0.15, 0.2) is 29.2 Å². The van der Waals surface area contributed by atoms with E-state index in [-0.39, 0.29) is 11.9 Å². The van der Waals surface area contributed by atoms with Gasteiger partial charge in [-0.15, -0.1) is 12.6 Å². The summed E-state index contributed by atoms with van der Waals surface area (Å²) in [6.07, 6.45) is 5.52. The second kappa shape index (κ2) is 8.20. The largest absolute Gasteiger partial charge is 0.349 e. The van der Waals surface area contributed by atoms with Crippen molar-refractivity contribution in [2.45, 2.75) is 56.9 Å². The zero-order chi connectivity index (χ0) is 13.4. The number of rotatable bonds is 7. The lowest BCUT2D eigenvalue weighted by atomic mass is 10.0. The maximum atomic E-state index is 12.2. The van der Waals surface area contributed by atoms with Crippen molar-refractivity contribution >= 4 is 18.5 Å². The Morgan fingerprint density at radius 3 is 2.56 bits per heavy atom. The predicted molar refractivity (Wildman–Crippen MR) is 79.4 cm³/mol. The van der Waals surface area contributed by atoms with Gasteiger partial charge in [0.25, 0.3) is 5.91 Å². The van der Waals surface area contributed by atoms with Crippen molar-refractivity contribution in [2.75, 3.05) is 0 Å². The molecule has 0 aliphatic rings. The standard InChI is InChI=1S/C15H23NOS/c1-3-5-9-12(8-4-2)16-15(17)13-10-6-7-11-14(13)18/h6-7,10-12,18H,3-5,8-9H2,1-2H3,(H,16,17). The third-order valence-electron chi connectivity index (χ3n) is 3.03. The van der Waals surface area contributed by atoms with Gasteiger partial charge in [0.2, 0.25) is 0 Å². The van der Waals surface area contributed by atoms with Crippen molar-refractivity contribution in [3.05, 3.63) is 29.8 Å². The van der Waals surface area contributed by atoms with Crippen molar-refractivity contribution < 1.29 is 4.79 Å². The van der Waals surface area contributed by atoms with Crippen LogP contribution in [0.4, 0.5) is 0 Å². The highest BCUT2D eigenvalue weighted by Gasteiger charge is 2.14. The van der Waals surface area contributed by atoms with Crippen LogP contribution in [0.5, 0.6) is 0 Å². The third-order valence-corrected chi connectivity index (χ3v) is 3.42. The van der Waals surface area contributed by atoms with E-state index in [0.29, 0.717) is 5.56 Å². The molecule has 3 heteroatoms. The van der Waals surface area contributed by atoms with Crippen LogP contribution in [0.2, 0.25) is 0 Å². The van der Waals surface area contributed by atoms with Crippen molar-refractivity contribution in [1.29, 1.82) is 0 Å². The summed E-state index contributed by atoms with van der Waals surface area (Å²) in [6, 6.07) is 7.71. The van der Waals surface area contributed by atoms with Crippen LogP contribution in [0.1, 0.15) is 56.3 Å². The zero-order valence-electron chi connectivity index (χ0n) is 11.3. The van der Waals surface area contributed by atoms with E-state index in [1.165, 1.54) is 6.42 Å². The van der Waals surface area contributed by atoms with Gasteiger partial charge in [-0.1, -0.05) is 45.2 Å². The van der Waals surface area contributed by atoms with E-state index in [1.54, 1.807) is 0 Å². The molecule has 0 fully saturated rings. The maximum absolute atomic E-state index is 12.2. The SMILES string of the molecule is CCCCC(CCC)NC(=O)c1ccccc1S. The highest BCUT2D eigenvalue weighted by Crippen LogP contribution is 2.14. The van der Waals surface area contributed by atoms with Crippen LogP contribution < -0.4 is 5.32 Å². The van der Waals surface area contributed by atoms with Gasteiger partial charge in [-0.3, -0.25) is 4.79 Å². The topological polar surface area (TPSA) is 29.1 Å². The van der Waals surface area contributed by atoms with Crippen molar-refractivity contribution in [3.63, 3.8) is 0 Å². The Morgan fingerprint density at radius 2 is 1.94 bits per heavy atom. The number of benzene rings is 1.